The lowest BCUT2D eigenvalue weighted by Crippen LogP contribution is -2.28. The smallest absolute Gasteiger partial charge is 0.315 e. The molecule has 116 valence electrons. The fourth-order valence-electron chi connectivity index (χ4n) is 1.55. The number of hydrogen-bond donors (Lipinski definition) is 2. The Balaban J connectivity index is 2.72. The number of thioether (sulfide) groups is 1. The second-order valence-corrected chi connectivity index (χ2v) is 7.72. The molecule has 0 saturated carbocycles. The Kier molecular flexibility index (Phi) is 6.32. The Morgan fingerprint density at radius 1 is 1.40 bits per heavy atom. The van der Waals surface area contributed by atoms with E-state index in [9.17, 15) is 21.6 Å². The van der Waals surface area contributed by atoms with Gasteiger partial charge in [0.2, 0.25) is 10.0 Å². The van der Waals surface area contributed by atoms with Crippen LogP contribution in [0.3, 0.4) is 0 Å². The van der Waals surface area contributed by atoms with Gasteiger partial charge in [-0.15, -0.1) is 11.3 Å². The van der Waals surface area contributed by atoms with Crippen LogP contribution in [-0.2, 0) is 16.6 Å². The average molecular weight is 348 g/mol. The quantitative estimate of drug-likeness (QED) is 0.743. The van der Waals surface area contributed by atoms with Crippen molar-refractivity contribution in [2.45, 2.75) is 23.9 Å². The lowest BCUT2D eigenvalue weighted by atomic mass is 10.3. The first-order chi connectivity index (χ1) is 9.17. The minimum atomic E-state index is -4.35. The normalized spacial score (nSPS) is 12.8. The van der Waals surface area contributed by atoms with Gasteiger partial charge in [0.15, 0.2) is 0 Å². The van der Waals surface area contributed by atoms with E-state index in [0.29, 0.717) is 17.0 Å². The second-order valence-electron chi connectivity index (χ2n) is 3.89. The molecule has 1 rings (SSSR count). The molecule has 0 aromatic carbocycles. The van der Waals surface area contributed by atoms with Gasteiger partial charge in [0.25, 0.3) is 0 Å². The Bertz CT molecular complexity index is 540. The maximum atomic E-state index is 12.1. The summed E-state index contributed by atoms with van der Waals surface area (Å²) in [6.45, 7) is 1.79. The van der Waals surface area contributed by atoms with E-state index < -0.39 is 15.5 Å². The monoisotopic (exact) mass is 348 g/mol. The average Bonchev–Trinajstić information content (AvgIpc) is 2.66. The van der Waals surface area contributed by atoms with Crippen LogP contribution in [0.25, 0.3) is 0 Å². The molecular formula is C10H15F3N2O2S3. The van der Waals surface area contributed by atoms with Crippen LogP contribution in [0.4, 0.5) is 13.2 Å². The van der Waals surface area contributed by atoms with Crippen LogP contribution in [0.15, 0.2) is 10.3 Å². The van der Waals surface area contributed by atoms with Crippen molar-refractivity contribution in [3.05, 3.63) is 15.8 Å². The van der Waals surface area contributed by atoms with Gasteiger partial charge in [-0.25, -0.2) is 13.1 Å². The van der Waals surface area contributed by atoms with Crippen LogP contribution in [-0.4, -0.2) is 33.3 Å². The molecule has 1 heterocycles. The van der Waals surface area contributed by atoms with Gasteiger partial charge in [-0.1, -0.05) is 0 Å². The van der Waals surface area contributed by atoms with Crippen molar-refractivity contribution in [2.24, 2.45) is 0 Å². The first-order valence-electron chi connectivity index (χ1n) is 5.59. The van der Waals surface area contributed by atoms with E-state index in [2.05, 4.69) is 10.0 Å². The number of hydrogen-bond acceptors (Lipinski definition) is 5. The van der Waals surface area contributed by atoms with Gasteiger partial charge in [0.05, 0.1) is 0 Å². The molecule has 10 heteroatoms. The van der Waals surface area contributed by atoms with Gasteiger partial charge in [0, 0.05) is 23.7 Å². The van der Waals surface area contributed by atoms with E-state index >= 15 is 0 Å². The van der Waals surface area contributed by atoms with Crippen molar-refractivity contribution >= 4 is 33.1 Å². The van der Waals surface area contributed by atoms with Crippen LogP contribution < -0.4 is 10.0 Å². The molecule has 0 unspecified atom stereocenters. The largest absolute Gasteiger partial charge is 0.441 e. The Morgan fingerprint density at radius 2 is 2.05 bits per heavy atom. The maximum absolute atomic E-state index is 12.1. The van der Waals surface area contributed by atoms with Crippen molar-refractivity contribution in [1.82, 2.24) is 10.0 Å². The zero-order valence-electron chi connectivity index (χ0n) is 10.9. The molecule has 1 aromatic heterocycles. The van der Waals surface area contributed by atoms with Gasteiger partial charge in [-0.3, -0.25) is 0 Å². The minimum Gasteiger partial charge on any atom is -0.315 e. The third-order valence-corrected chi connectivity index (χ3v) is 5.91. The zero-order valence-corrected chi connectivity index (χ0v) is 13.3. The Labute approximate surface area is 124 Å². The van der Waals surface area contributed by atoms with Crippen molar-refractivity contribution in [1.29, 1.82) is 0 Å². The summed E-state index contributed by atoms with van der Waals surface area (Å²) in [6, 6.07) is 0. The predicted octanol–water partition coefficient (Wildman–Crippen LogP) is 2.31. The van der Waals surface area contributed by atoms with E-state index in [1.54, 1.807) is 19.4 Å². The summed E-state index contributed by atoms with van der Waals surface area (Å²) in [5, 5.41) is 4.58. The molecule has 0 bridgehead atoms. The van der Waals surface area contributed by atoms with Crippen LogP contribution in [0.5, 0.6) is 0 Å². The highest BCUT2D eigenvalue weighted by molar-refractivity contribution is 8.00. The molecule has 1 aromatic rings. The lowest BCUT2D eigenvalue weighted by molar-refractivity contribution is -0.0327. The van der Waals surface area contributed by atoms with Crippen molar-refractivity contribution < 1.29 is 21.6 Å². The molecule has 0 aliphatic carbocycles. The SMILES string of the molecule is CNCc1scc(C)c1S(=O)(=O)NCCSC(F)(F)F. The highest BCUT2D eigenvalue weighted by Gasteiger charge is 2.28. The van der Waals surface area contributed by atoms with Gasteiger partial charge < -0.3 is 5.32 Å². The highest BCUT2D eigenvalue weighted by atomic mass is 32.2. The van der Waals surface area contributed by atoms with Crippen LogP contribution in [0, 0.1) is 6.92 Å². The molecular weight excluding hydrogens is 333 g/mol. The summed E-state index contributed by atoms with van der Waals surface area (Å²) in [5.74, 6) is -0.354. The first-order valence-corrected chi connectivity index (χ1v) is 8.94. The summed E-state index contributed by atoms with van der Waals surface area (Å²) < 4.78 is 62.3. The van der Waals surface area contributed by atoms with Crippen molar-refractivity contribution in [3.8, 4) is 0 Å². The summed E-state index contributed by atoms with van der Waals surface area (Å²) in [7, 11) is -2.09. The molecule has 0 radical (unpaired) electrons. The lowest BCUT2D eigenvalue weighted by Gasteiger charge is -2.10. The maximum Gasteiger partial charge on any atom is 0.441 e. The number of alkyl halides is 3. The predicted molar refractivity (Wildman–Crippen MR) is 75.5 cm³/mol. The number of nitrogens with one attached hydrogen (secondary N) is 2. The van der Waals surface area contributed by atoms with E-state index in [-0.39, 0.29) is 29.0 Å². The van der Waals surface area contributed by atoms with E-state index in [1.165, 1.54) is 11.3 Å². The molecule has 20 heavy (non-hydrogen) atoms. The molecule has 0 amide bonds. The molecule has 0 spiro atoms. The van der Waals surface area contributed by atoms with E-state index in [1.807, 2.05) is 0 Å². The summed E-state index contributed by atoms with van der Waals surface area (Å²) in [6.07, 6.45) is 0. The second kappa shape index (κ2) is 7.12. The Hall–Kier alpha value is -0.290. The molecule has 0 saturated heterocycles. The number of sulfonamides is 1. The number of rotatable bonds is 7. The van der Waals surface area contributed by atoms with Crippen molar-refractivity contribution in [3.63, 3.8) is 0 Å². The molecule has 0 aliphatic heterocycles. The van der Waals surface area contributed by atoms with Crippen LogP contribution >= 0.6 is 23.1 Å². The summed E-state index contributed by atoms with van der Waals surface area (Å²) >= 11 is 1.06. The molecule has 4 nitrogen and oxygen atoms in total. The van der Waals surface area contributed by atoms with Crippen molar-refractivity contribution in [2.75, 3.05) is 19.3 Å². The standard InChI is InChI=1S/C10H15F3N2O2S3/c1-7-6-18-8(5-14-2)9(7)20(16,17)15-3-4-19-10(11,12)13/h6,14-15H,3-5H2,1-2H3. The minimum absolute atomic E-state index is 0.161. The highest BCUT2D eigenvalue weighted by Crippen LogP contribution is 2.30. The van der Waals surface area contributed by atoms with Crippen LogP contribution in [0.1, 0.15) is 10.4 Å². The molecule has 0 aliphatic rings. The third-order valence-electron chi connectivity index (χ3n) is 2.26. The molecule has 2 N–H and O–H groups in total. The van der Waals surface area contributed by atoms with E-state index in [0.717, 1.165) is 0 Å². The van der Waals surface area contributed by atoms with E-state index in [4.69, 9.17) is 0 Å². The number of halogens is 3. The summed E-state index contributed by atoms with van der Waals surface area (Å²) in [4.78, 5) is 0.801. The topological polar surface area (TPSA) is 58.2 Å². The van der Waals surface area contributed by atoms with Crippen LogP contribution in [0.2, 0.25) is 0 Å². The Morgan fingerprint density at radius 3 is 2.60 bits per heavy atom. The zero-order chi connectivity index (χ0) is 15.4. The fourth-order valence-corrected chi connectivity index (χ4v) is 4.96. The summed E-state index contributed by atoms with van der Waals surface area (Å²) in [5.41, 5.74) is -3.75. The first kappa shape index (κ1) is 17.8. The van der Waals surface area contributed by atoms with Gasteiger partial charge in [-0.05, 0) is 36.7 Å². The molecule has 0 fully saturated rings. The number of aryl methyl sites for hydroxylation is 1. The number of thiophene rings is 1. The molecule has 0 atom stereocenters. The van der Waals surface area contributed by atoms with Gasteiger partial charge in [0.1, 0.15) is 4.90 Å². The fraction of sp³-hybridized carbons (Fsp3) is 0.600. The third kappa shape index (κ3) is 5.24. The van der Waals surface area contributed by atoms with Gasteiger partial charge in [-0.2, -0.15) is 13.2 Å². The van der Waals surface area contributed by atoms with Gasteiger partial charge >= 0.3 is 5.51 Å².